The van der Waals surface area contributed by atoms with Crippen LogP contribution >= 0.6 is 0 Å². The van der Waals surface area contributed by atoms with Crippen LogP contribution in [-0.4, -0.2) is 14.1 Å². The van der Waals surface area contributed by atoms with E-state index in [1.165, 1.54) is 0 Å². The topological polar surface area (TPSA) is 58.5 Å². The predicted molar refractivity (Wildman–Crippen MR) is 69.4 cm³/mol. The summed E-state index contributed by atoms with van der Waals surface area (Å²) in [5, 5.41) is 3.87. The molecule has 0 spiro atoms. The second kappa shape index (κ2) is 5.31. The van der Waals surface area contributed by atoms with Crippen LogP contribution < -0.4 is 4.83 Å². The Bertz CT molecular complexity index is 502. The van der Waals surface area contributed by atoms with Gasteiger partial charge < -0.3 is 0 Å². The fourth-order valence-electron chi connectivity index (χ4n) is 1.03. The number of sulfonamides is 1. The fraction of sp³-hybridized carbons (Fsp3) is 0.417. The van der Waals surface area contributed by atoms with Crippen LogP contribution in [0.3, 0.4) is 0 Å². The van der Waals surface area contributed by atoms with Gasteiger partial charge in [-0.15, -0.1) is 0 Å². The van der Waals surface area contributed by atoms with E-state index in [1.54, 1.807) is 31.2 Å². The first kappa shape index (κ1) is 13.7. The molecule has 0 atom stereocenters. The van der Waals surface area contributed by atoms with Gasteiger partial charge in [0.2, 0.25) is 0 Å². The van der Waals surface area contributed by atoms with E-state index in [1.807, 2.05) is 20.8 Å². The third-order valence-corrected chi connectivity index (χ3v) is 3.73. The van der Waals surface area contributed by atoms with Crippen molar-refractivity contribution in [2.45, 2.75) is 32.6 Å². The Labute approximate surface area is 103 Å². The van der Waals surface area contributed by atoms with Crippen molar-refractivity contribution in [2.24, 2.45) is 11.0 Å². The molecule has 5 heteroatoms. The minimum absolute atomic E-state index is 0.218. The van der Waals surface area contributed by atoms with Gasteiger partial charge in [0.15, 0.2) is 0 Å². The number of nitrogens with one attached hydrogen (secondary N) is 1. The Morgan fingerprint density at radius 1 is 1.24 bits per heavy atom. The van der Waals surface area contributed by atoms with Gasteiger partial charge in [0.25, 0.3) is 10.0 Å². The van der Waals surface area contributed by atoms with Crippen molar-refractivity contribution in [3.63, 3.8) is 0 Å². The number of hydrogen-bond donors (Lipinski definition) is 1. The maximum Gasteiger partial charge on any atom is 0.276 e. The molecule has 0 heterocycles. The van der Waals surface area contributed by atoms with Crippen LogP contribution in [0.5, 0.6) is 0 Å². The first-order chi connectivity index (χ1) is 7.83. The summed E-state index contributed by atoms with van der Waals surface area (Å²) in [6.07, 6.45) is 0. The van der Waals surface area contributed by atoms with Gasteiger partial charge in [0.1, 0.15) is 0 Å². The molecule has 0 aliphatic rings. The number of aryl methyl sites for hydroxylation is 1. The van der Waals surface area contributed by atoms with Crippen molar-refractivity contribution in [1.82, 2.24) is 4.83 Å². The number of hydrogen-bond acceptors (Lipinski definition) is 3. The molecule has 1 aromatic carbocycles. The van der Waals surface area contributed by atoms with Crippen LogP contribution in [0.2, 0.25) is 0 Å². The Kier molecular flexibility index (Phi) is 4.28. The van der Waals surface area contributed by atoms with Crippen LogP contribution in [-0.2, 0) is 10.0 Å². The second-order valence-electron chi connectivity index (χ2n) is 4.32. The van der Waals surface area contributed by atoms with Crippen molar-refractivity contribution >= 4 is 15.7 Å². The van der Waals surface area contributed by atoms with E-state index < -0.39 is 10.0 Å². The van der Waals surface area contributed by atoms with Crippen LogP contribution in [0.1, 0.15) is 26.3 Å². The molecule has 0 radical (unpaired) electrons. The molecular weight excluding hydrogens is 236 g/mol. The highest BCUT2D eigenvalue weighted by molar-refractivity contribution is 7.89. The lowest BCUT2D eigenvalue weighted by molar-refractivity contribution is 0.584. The standard InChI is InChI=1S/C12H18N2O2S/c1-9(2)11(4)13-14-17(15,16)12-7-5-10(3)6-8-12/h5-9,14H,1-4H3. The third-order valence-electron chi connectivity index (χ3n) is 2.51. The van der Waals surface area contributed by atoms with Gasteiger partial charge in [-0.25, -0.2) is 4.83 Å². The highest BCUT2D eigenvalue weighted by Crippen LogP contribution is 2.09. The van der Waals surface area contributed by atoms with Crippen LogP contribution in [0.4, 0.5) is 0 Å². The SMILES string of the molecule is CC(=NNS(=O)(=O)c1ccc(C)cc1)C(C)C. The normalized spacial score (nSPS) is 12.9. The Morgan fingerprint density at radius 3 is 2.24 bits per heavy atom. The number of rotatable bonds is 4. The smallest absolute Gasteiger partial charge is 0.200 e. The molecule has 0 aromatic heterocycles. The minimum atomic E-state index is -3.54. The summed E-state index contributed by atoms with van der Waals surface area (Å²) >= 11 is 0. The Hall–Kier alpha value is -1.36. The van der Waals surface area contributed by atoms with Gasteiger partial charge in [0.05, 0.1) is 4.90 Å². The molecule has 0 amide bonds. The zero-order chi connectivity index (χ0) is 13.1. The van der Waals surface area contributed by atoms with Crippen molar-refractivity contribution in [3.05, 3.63) is 29.8 Å². The third kappa shape index (κ3) is 3.85. The van der Waals surface area contributed by atoms with E-state index >= 15 is 0 Å². The number of benzene rings is 1. The molecule has 1 N–H and O–H groups in total. The maximum absolute atomic E-state index is 11.9. The lowest BCUT2D eigenvalue weighted by Crippen LogP contribution is -2.20. The molecule has 17 heavy (non-hydrogen) atoms. The molecule has 0 fully saturated rings. The summed E-state index contributed by atoms with van der Waals surface area (Å²) in [6, 6.07) is 6.65. The van der Waals surface area contributed by atoms with E-state index in [4.69, 9.17) is 0 Å². The van der Waals surface area contributed by atoms with Gasteiger partial charge in [0, 0.05) is 5.71 Å². The maximum atomic E-state index is 11.9. The van der Waals surface area contributed by atoms with Crippen LogP contribution in [0.15, 0.2) is 34.3 Å². The zero-order valence-electron chi connectivity index (χ0n) is 10.6. The van der Waals surface area contributed by atoms with Crippen molar-refractivity contribution in [3.8, 4) is 0 Å². The summed E-state index contributed by atoms with van der Waals surface area (Å²) in [4.78, 5) is 2.46. The van der Waals surface area contributed by atoms with Gasteiger partial charge in [-0.1, -0.05) is 31.5 Å². The molecule has 94 valence electrons. The Balaban J connectivity index is 2.90. The summed E-state index contributed by atoms with van der Waals surface area (Å²) < 4.78 is 23.7. The summed E-state index contributed by atoms with van der Waals surface area (Å²) in [6.45, 7) is 7.62. The molecule has 4 nitrogen and oxygen atoms in total. The van der Waals surface area contributed by atoms with E-state index in [-0.39, 0.29) is 10.8 Å². The summed E-state index contributed by atoms with van der Waals surface area (Å²) in [7, 11) is -3.54. The van der Waals surface area contributed by atoms with E-state index in [0.29, 0.717) is 0 Å². The number of nitrogens with zero attached hydrogens (tertiary/aromatic N) is 1. The average Bonchev–Trinajstić information content (AvgIpc) is 2.26. The van der Waals surface area contributed by atoms with E-state index in [2.05, 4.69) is 9.93 Å². The fourth-order valence-corrected chi connectivity index (χ4v) is 1.90. The van der Waals surface area contributed by atoms with Crippen LogP contribution in [0, 0.1) is 12.8 Å². The van der Waals surface area contributed by atoms with Crippen molar-refractivity contribution < 1.29 is 8.42 Å². The van der Waals surface area contributed by atoms with Crippen LogP contribution in [0.25, 0.3) is 0 Å². The molecule has 0 bridgehead atoms. The molecule has 1 aromatic rings. The molecular formula is C12H18N2O2S. The average molecular weight is 254 g/mol. The van der Waals surface area contributed by atoms with E-state index in [0.717, 1.165) is 11.3 Å². The number of hydrazone groups is 1. The monoisotopic (exact) mass is 254 g/mol. The molecule has 0 saturated heterocycles. The first-order valence-electron chi connectivity index (χ1n) is 5.45. The largest absolute Gasteiger partial charge is 0.276 e. The quantitative estimate of drug-likeness (QED) is 0.662. The predicted octanol–water partition coefficient (Wildman–Crippen LogP) is 2.31. The minimum Gasteiger partial charge on any atom is -0.200 e. The lowest BCUT2D eigenvalue weighted by Gasteiger charge is -2.07. The Morgan fingerprint density at radius 2 is 1.76 bits per heavy atom. The van der Waals surface area contributed by atoms with Gasteiger partial charge in [-0.05, 0) is 31.9 Å². The van der Waals surface area contributed by atoms with Crippen molar-refractivity contribution in [1.29, 1.82) is 0 Å². The lowest BCUT2D eigenvalue weighted by atomic mass is 10.1. The summed E-state index contributed by atoms with van der Waals surface area (Å²) in [5.74, 6) is 0.218. The van der Waals surface area contributed by atoms with Gasteiger partial charge >= 0.3 is 0 Å². The molecule has 0 aliphatic heterocycles. The molecule has 0 saturated carbocycles. The van der Waals surface area contributed by atoms with Gasteiger partial charge in [-0.3, -0.25) is 0 Å². The first-order valence-corrected chi connectivity index (χ1v) is 6.94. The molecule has 0 aliphatic carbocycles. The van der Waals surface area contributed by atoms with Gasteiger partial charge in [-0.2, -0.15) is 13.5 Å². The molecule has 0 unspecified atom stereocenters. The second-order valence-corrected chi connectivity index (χ2v) is 5.98. The highest BCUT2D eigenvalue weighted by Gasteiger charge is 2.12. The summed E-state index contributed by atoms with van der Waals surface area (Å²) in [5.41, 5.74) is 1.77. The van der Waals surface area contributed by atoms with Crippen molar-refractivity contribution in [2.75, 3.05) is 0 Å². The zero-order valence-corrected chi connectivity index (χ0v) is 11.4. The highest BCUT2D eigenvalue weighted by atomic mass is 32.2. The molecule has 1 rings (SSSR count). The van der Waals surface area contributed by atoms with E-state index in [9.17, 15) is 8.42 Å².